The molecule has 13 heavy (non-hydrogen) atoms. The first-order valence-electron chi connectivity index (χ1n) is 4.79. The molecule has 0 bridgehead atoms. The van der Waals surface area contributed by atoms with Gasteiger partial charge in [-0.25, -0.2) is 0 Å². The molecule has 3 heteroatoms. The standard InChI is InChI=1S/C10H15BrN2/c1-13-6-3-9(12-13)7-10(8-11)4-2-5-10/h3,6H,2,4-5,7-8H2,1H3. The van der Waals surface area contributed by atoms with Crippen LogP contribution in [-0.4, -0.2) is 15.1 Å². The lowest BCUT2D eigenvalue weighted by atomic mass is 9.68. The Morgan fingerprint density at radius 1 is 1.62 bits per heavy atom. The maximum atomic E-state index is 4.42. The molecule has 0 atom stereocenters. The van der Waals surface area contributed by atoms with E-state index in [1.54, 1.807) is 0 Å². The number of aryl methyl sites for hydroxylation is 1. The predicted molar refractivity (Wildman–Crippen MR) is 57.0 cm³/mol. The van der Waals surface area contributed by atoms with Crippen LogP contribution in [0.1, 0.15) is 25.0 Å². The number of hydrogen-bond acceptors (Lipinski definition) is 1. The molecule has 1 aliphatic carbocycles. The van der Waals surface area contributed by atoms with E-state index in [0.717, 1.165) is 11.8 Å². The zero-order chi connectivity index (χ0) is 9.31. The summed E-state index contributed by atoms with van der Waals surface area (Å²) in [6.07, 6.45) is 7.26. The van der Waals surface area contributed by atoms with Crippen LogP contribution in [0.25, 0.3) is 0 Å². The van der Waals surface area contributed by atoms with Gasteiger partial charge < -0.3 is 0 Å². The lowest BCUT2D eigenvalue weighted by molar-refractivity contribution is 0.168. The van der Waals surface area contributed by atoms with Crippen LogP contribution in [0.3, 0.4) is 0 Å². The molecule has 2 nitrogen and oxygen atoms in total. The van der Waals surface area contributed by atoms with Crippen LogP contribution in [-0.2, 0) is 13.5 Å². The zero-order valence-electron chi connectivity index (χ0n) is 7.96. The summed E-state index contributed by atoms with van der Waals surface area (Å²) in [5.41, 5.74) is 1.76. The number of alkyl halides is 1. The summed E-state index contributed by atoms with van der Waals surface area (Å²) in [5.74, 6) is 0. The van der Waals surface area contributed by atoms with Gasteiger partial charge in [0.15, 0.2) is 0 Å². The van der Waals surface area contributed by atoms with Crippen molar-refractivity contribution in [2.24, 2.45) is 12.5 Å². The number of nitrogens with zero attached hydrogens (tertiary/aromatic N) is 2. The molecule has 1 aliphatic rings. The van der Waals surface area contributed by atoms with Gasteiger partial charge in [-0.2, -0.15) is 5.10 Å². The molecular weight excluding hydrogens is 228 g/mol. The summed E-state index contributed by atoms with van der Waals surface area (Å²) >= 11 is 3.61. The Kier molecular flexibility index (Phi) is 2.45. The minimum absolute atomic E-state index is 0.522. The molecule has 0 saturated heterocycles. The summed E-state index contributed by atoms with van der Waals surface area (Å²) in [5, 5.41) is 5.54. The molecule has 0 N–H and O–H groups in total. The molecule has 0 radical (unpaired) electrons. The smallest absolute Gasteiger partial charge is 0.0630 e. The molecule has 2 rings (SSSR count). The molecular formula is C10H15BrN2. The van der Waals surface area contributed by atoms with Gasteiger partial charge in [-0.1, -0.05) is 22.4 Å². The molecule has 0 spiro atoms. The minimum atomic E-state index is 0.522. The van der Waals surface area contributed by atoms with Crippen LogP contribution in [0.2, 0.25) is 0 Å². The van der Waals surface area contributed by atoms with Crippen molar-refractivity contribution in [2.75, 3.05) is 5.33 Å². The van der Waals surface area contributed by atoms with E-state index in [1.165, 1.54) is 25.0 Å². The van der Waals surface area contributed by atoms with Crippen LogP contribution in [0, 0.1) is 5.41 Å². The Morgan fingerprint density at radius 2 is 2.38 bits per heavy atom. The van der Waals surface area contributed by atoms with Crippen molar-refractivity contribution in [3.8, 4) is 0 Å². The molecule has 1 aromatic rings. The third-order valence-corrected chi connectivity index (χ3v) is 4.21. The van der Waals surface area contributed by atoms with Gasteiger partial charge in [-0.15, -0.1) is 0 Å². The van der Waals surface area contributed by atoms with Gasteiger partial charge in [0.05, 0.1) is 5.69 Å². The third-order valence-electron chi connectivity index (χ3n) is 3.02. The lowest BCUT2D eigenvalue weighted by Crippen LogP contribution is -2.33. The average Bonchev–Trinajstić information content (AvgIpc) is 2.44. The minimum Gasteiger partial charge on any atom is -0.276 e. The Hall–Kier alpha value is -0.310. The van der Waals surface area contributed by atoms with Crippen molar-refractivity contribution in [3.05, 3.63) is 18.0 Å². The number of rotatable bonds is 3. The van der Waals surface area contributed by atoms with Crippen molar-refractivity contribution in [1.82, 2.24) is 9.78 Å². The fraction of sp³-hybridized carbons (Fsp3) is 0.700. The monoisotopic (exact) mass is 242 g/mol. The van der Waals surface area contributed by atoms with Crippen LogP contribution < -0.4 is 0 Å². The third kappa shape index (κ3) is 1.80. The highest BCUT2D eigenvalue weighted by Crippen LogP contribution is 2.44. The van der Waals surface area contributed by atoms with E-state index in [9.17, 15) is 0 Å². The van der Waals surface area contributed by atoms with Crippen molar-refractivity contribution in [2.45, 2.75) is 25.7 Å². The maximum absolute atomic E-state index is 4.42. The Morgan fingerprint density at radius 3 is 2.77 bits per heavy atom. The molecule has 1 heterocycles. The molecule has 0 aliphatic heterocycles. The second kappa shape index (κ2) is 3.45. The van der Waals surface area contributed by atoms with Gasteiger partial charge in [-0.3, -0.25) is 4.68 Å². The SMILES string of the molecule is Cn1ccc(CC2(CBr)CCC2)n1. The summed E-state index contributed by atoms with van der Waals surface area (Å²) in [6, 6.07) is 2.13. The van der Waals surface area contributed by atoms with Crippen molar-refractivity contribution >= 4 is 15.9 Å². The van der Waals surface area contributed by atoms with E-state index in [-0.39, 0.29) is 0 Å². The van der Waals surface area contributed by atoms with Crippen LogP contribution in [0.5, 0.6) is 0 Å². The summed E-state index contributed by atoms with van der Waals surface area (Å²) < 4.78 is 1.88. The number of aromatic nitrogens is 2. The topological polar surface area (TPSA) is 17.8 Å². The molecule has 1 aromatic heterocycles. The second-order valence-corrected chi connectivity index (χ2v) is 4.71. The van der Waals surface area contributed by atoms with Gasteiger partial charge in [0, 0.05) is 18.6 Å². The van der Waals surface area contributed by atoms with E-state index in [0.29, 0.717) is 5.41 Å². The van der Waals surface area contributed by atoms with E-state index in [2.05, 4.69) is 27.1 Å². The first-order chi connectivity index (χ1) is 6.24. The van der Waals surface area contributed by atoms with E-state index < -0.39 is 0 Å². The van der Waals surface area contributed by atoms with Gasteiger partial charge in [0.1, 0.15) is 0 Å². The normalized spacial score (nSPS) is 19.8. The van der Waals surface area contributed by atoms with Gasteiger partial charge in [0.25, 0.3) is 0 Å². The fourth-order valence-electron chi connectivity index (χ4n) is 1.98. The molecule has 0 aromatic carbocycles. The first kappa shape index (κ1) is 9.25. The Bertz CT molecular complexity index is 283. The highest BCUT2D eigenvalue weighted by Gasteiger charge is 2.36. The van der Waals surface area contributed by atoms with E-state index in [1.807, 2.05) is 17.9 Å². The largest absolute Gasteiger partial charge is 0.276 e. The van der Waals surface area contributed by atoms with Crippen LogP contribution >= 0.6 is 15.9 Å². The molecule has 0 unspecified atom stereocenters. The zero-order valence-corrected chi connectivity index (χ0v) is 9.55. The van der Waals surface area contributed by atoms with Gasteiger partial charge in [-0.05, 0) is 30.7 Å². The van der Waals surface area contributed by atoms with Crippen molar-refractivity contribution in [1.29, 1.82) is 0 Å². The van der Waals surface area contributed by atoms with E-state index >= 15 is 0 Å². The average molecular weight is 243 g/mol. The predicted octanol–water partition coefficient (Wildman–Crippen LogP) is 2.53. The molecule has 1 fully saturated rings. The van der Waals surface area contributed by atoms with E-state index in [4.69, 9.17) is 0 Å². The highest BCUT2D eigenvalue weighted by atomic mass is 79.9. The Labute approximate surface area is 87.5 Å². The maximum Gasteiger partial charge on any atom is 0.0630 e. The summed E-state index contributed by atoms with van der Waals surface area (Å²) in [6.45, 7) is 0. The quantitative estimate of drug-likeness (QED) is 0.746. The van der Waals surface area contributed by atoms with Gasteiger partial charge >= 0.3 is 0 Å². The molecule has 72 valence electrons. The summed E-state index contributed by atoms with van der Waals surface area (Å²) in [7, 11) is 1.98. The number of halogens is 1. The van der Waals surface area contributed by atoms with Crippen molar-refractivity contribution in [3.63, 3.8) is 0 Å². The first-order valence-corrected chi connectivity index (χ1v) is 5.91. The number of hydrogen-bond donors (Lipinski definition) is 0. The van der Waals surface area contributed by atoms with Gasteiger partial charge in [0.2, 0.25) is 0 Å². The molecule has 0 amide bonds. The van der Waals surface area contributed by atoms with Crippen molar-refractivity contribution < 1.29 is 0 Å². The molecule has 1 saturated carbocycles. The second-order valence-electron chi connectivity index (χ2n) is 4.14. The van der Waals surface area contributed by atoms with Crippen LogP contribution in [0.15, 0.2) is 12.3 Å². The highest BCUT2D eigenvalue weighted by molar-refractivity contribution is 9.09. The fourth-order valence-corrected chi connectivity index (χ4v) is 2.74. The Balaban J connectivity index is 2.04. The lowest BCUT2D eigenvalue weighted by Gasteiger charge is -2.40. The van der Waals surface area contributed by atoms with Crippen LogP contribution in [0.4, 0.5) is 0 Å². The summed E-state index contributed by atoms with van der Waals surface area (Å²) in [4.78, 5) is 0.